The first-order valence-electron chi connectivity index (χ1n) is 8.86. The molecule has 1 heterocycles. The number of piperidine rings is 1. The fraction of sp³-hybridized carbons (Fsp3) is 0.529. The third-order valence-electron chi connectivity index (χ3n) is 3.84. The van der Waals surface area contributed by atoms with Crippen LogP contribution in [-0.2, 0) is 9.59 Å². The Morgan fingerprint density at radius 3 is 2.52 bits per heavy atom. The monoisotopic (exact) mass is 395 g/mol. The molecule has 0 radical (unpaired) electrons. The molecule has 0 aromatic heterocycles. The van der Waals surface area contributed by atoms with Crippen LogP contribution in [0.4, 0.5) is 0 Å². The fourth-order valence-corrected chi connectivity index (χ4v) is 3.13. The molecule has 9 nitrogen and oxygen atoms in total. The first-order chi connectivity index (χ1) is 12.8. The first-order valence-corrected chi connectivity index (χ1v) is 9.68. The number of unbranched alkanes of at least 4 members (excludes halogenated alkanes) is 1. The van der Waals surface area contributed by atoms with E-state index in [1.165, 1.54) is 11.0 Å². The number of allylic oxidation sites excluding steroid dienone is 3. The zero-order valence-electron chi connectivity index (χ0n) is 15.4. The van der Waals surface area contributed by atoms with Crippen LogP contribution in [0.3, 0.4) is 0 Å². The predicted octanol–water partition coefficient (Wildman–Crippen LogP) is 0.922. The van der Waals surface area contributed by atoms with E-state index in [0.29, 0.717) is 36.5 Å². The van der Waals surface area contributed by atoms with Gasteiger partial charge in [0, 0.05) is 18.7 Å². The summed E-state index contributed by atoms with van der Waals surface area (Å²) >= 11 is 0.907. The second kappa shape index (κ2) is 12.0. The van der Waals surface area contributed by atoms with Crippen molar-refractivity contribution < 1.29 is 9.59 Å². The molecular formula is C17H29N7O2S. The number of carbonyl (C=O) groups excluding carboxylic acids is 2. The van der Waals surface area contributed by atoms with Gasteiger partial charge < -0.3 is 27.4 Å². The van der Waals surface area contributed by atoms with E-state index in [-0.39, 0.29) is 23.4 Å². The maximum Gasteiger partial charge on any atom is 0.245 e. The summed E-state index contributed by atoms with van der Waals surface area (Å²) in [6, 6.07) is 0. The Labute approximate surface area is 163 Å². The third-order valence-corrected chi connectivity index (χ3v) is 4.60. The van der Waals surface area contributed by atoms with Gasteiger partial charge in [-0.3, -0.25) is 20.4 Å². The molecule has 0 saturated carbocycles. The molecule has 9 N–H and O–H groups in total. The topological polar surface area (TPSA) is 175 Å². The molecule has 1 aliphatic heterocycles. The summed E-state index contributed by atoms with van der Waals surface area (Å²) in [6.45, 7) is 0.538. The number of thioether (sulfide) groups is 1. The summed E-state index contributed by atoms with van der Waals surface area (Å²) in [4.78, 5) is 25.1. The zero-order chi connectivity index (χ0) is 20.2. The standard InChI is InChI=1S/C17H29N7O2S/c18-12(8-9-13(19)20)5-1-2-6-14(21)27-17(22)23-15(25)11-24-10-4-3-7-16(24)26/h8-9,21H,1-7,10-11,18-20H2,(H2,22,23,25)/b12-8-,21-14?. The van der Waals surface area contributed by atoms with Crippen molar-refractivity contribution in [1.29, 1.82) is 10.8 Å². The number of amides is 2. The van der Waals surface area contributed by atoms with Crippen LogP contribution in [0.25, 0.3) is 0 Å². The highest BCUT2D eigenvalue weighted by molar-refractivity contribution is 8.26. The molecule has 0 aromatic rings. The number of likely N-dealkylation sites (tertiary alicyclic amines) is 1. The third kappa shape index (κ3) is 10.3. The number of hydrogen-bond acceptors (Lipinski definition) is 8. The Morgan fingerprint density at radius 2 is 1.85 bits per heavy atom. The van der Waals surface area contributed by atoms with Crippen LogP contribution in [0, 0.1) is 10.8 Å². The summed E-state index contributed by atoms with van der Waals surface area (Å²) in [5, 5.41) is 18.3. The van der Waals surface area contributed by atoms with E-state index in [0.717, 1.165) is 37.4 Å². The van der Waals surface area contributed by atoms with E-state index < -0.39 is 5.91 Å². The van der Waals surface area contributed by atoms with Gasteiger partial charge in [-0.05, 0) is 62.4 Å². The predicted molar refractivity (Wildman–Crippen MR) is 109 cm³/mol. The molecule has 0 aromatic carbocycles. The van der Waals surface area contributed by atoms with Gasteiger partial charge >= 0.3 is 0 Å². The van der Waals surface area contributed by atoms with Crippen molar-refractivity contribution in [3.05, 3.63) is 23.7 Å². The lowest BCUT2D eigenvalue weighted by atomic mass is 10.1. The summed E-state index contributed by atoms with van der Waals surface area (Å²) in [5.74, 6) is -0.233. The highest BCUT2D eigenvalue weighted by Gasteiger charge is 2.21. The van der Waals surface area contributed by atoms with E-state index in [9.17, 15) is 9.59 Å². The van der Waals surface area contributed by atoms with E-state index in [1.54, 1.807) is 6.08 Å². The minimum atomic E-state index is -0.402. The lowest BCUT2D eigenvalue weighted by Crippen LogP contribution is -2.44. The van der Waals surface area contributed by atoms with Crippen LogP contribution in [0.5, 0.6) is 0 Å². The van der Waals surface area contributed by atoms with Crippen molar-refractivity contribution in [3.63, 3.8) is 0 Å². The number of nitrogens with two attached hydrogens (primary N) is 3. The number of nitrogens with one attached hydrogen (secondary N) is 3. The fourth-order valence-electron chi connectivity index (χ4n) is 2.47. The maximum atomic E-state index is 11.9. The van der Waals surface area contributed by atoms with Gasteiger partial charge in [0.1, 0.15) is 0 Å². The molecule has 1 fully saturated rings. The Hall–Kier alpha value is -2.49. The Bertz CT molecular complexity index is 627. The highest BCUT2D eigenvalue weighted by atomic mass is 32.2. The number of hydrogen-bond donors (Lipinski definition) is 6. The second-order valence-electron chi connectivity index (χ2n) is 6.29. The van der Waals surface area contributed by atoms with Crippen LogP contribution < -0.4 is 22.5 Å². The summed E-state index contributed by atoms with van der Waals surface area (Å²) in [6.07, 6.45) is 8.12. The van der Waals surface area contributed by atoms with Crippen LogP contribution in [-0.4, -0.2) is 40.0 Å². The Morgan fingerprint density at radius 1 is 1.15 bits per heavy atom. The van der Waals surface area contributed by atoms with Gasteiger partial charge in [-0.25, -0.2) is 0 Å². The molecule has 1 saturated heterocycles. The van der Waals surface area contributed by atoms with Crippen molar-refractivity contribution >= 4 is 33.8 Å². The number of nitrogens with zero attached hydrogens (tertiary/aromatic N) is 1. The highest BCUT2D eigenvalue weighted by Crippen LogP contribution is 2.13. The smallest absolute Gasteiger partial charge is 0.245 e. The van der Waals surface area contributed by atoms with Gasteiger partial charge in [0.25, 0.3) is 0 Å². The van der Waals surface area contributed by atoms with Crippen LogP contribution in [0.2, 0.25) is 0 Å². The molecule has 150 valence electrons. The average Bonchev–Trinajstić information content (AvgIpc) is 2.58. The molecule has 10 heteroatoms. The molecule has 0 aliphatic carbocycles. The molecular weight excluding hydrogens is 366 g/mol. The quantitative estimate of drug-likeness (QED) is 0.154. The zero-order valence-corrected chi connectivity index (χ0v) is 16.2. The number of rotatable bonds is 8. The van der Waals surface area contributed by atoms with Gasteiger partial charge in [0.05, 0.1) is 17.4 Å². The van der Waals surface area contributed by atoms with Crippen LogP contribution in [0.15, 0.2) is 23.7 Å². The van der Waals surface area contributed by atoms with Gasteiger partial charge in [0.2, 0.25) is 11.8 Å². The summed E-state index contributed by atoms with van der Waals surface area (Å²) in [7, 11) is 0. The molecule has 1 aliphatic rings. The average molecular weight is 396 g/mol. The van der Waals surface area contributed by atoms with E-state index in [4.69, 9.17) is 28.0 Å². The Balaban J connectivity index is 2.21. The van der Waals surface area contributed by atoms with E-state index in [1.807, 2.05) is 0 Å². The van der Waals surface area contributed by atoms with Crippen molar-refractivity contribution in [3.8, 4) is 0 Å². The minimum absolute atomic E-state index is 0.0266. The molecule has 0 atom stereocenters. The number of carbonyl (C=O) groups is 2. The molecule has 27 heavy (non-hydrogen) atoms. The van der Waals surface area contributed by atoms with Crippen molar-refractivity contribution in [1.82, 2.24) is 10.2 Å². The molecule has 0 bridgehead atoms. The van der Waals surface area contributed by atoms with Crippen LogP contribution in [0.1, 0.15) is 44.9 Å². The molecule has 1 rings (SSSR count). The van der Waals surface area contributed by atoms with Crippen LogP contribution >= 0.6 is 11.8 Å². The molecule has 2 amide bonds. The van der Waals surface area contributed by atoms with E-state index in [2.05, 4.69) is 5.32 Å². The molecule has 0 unspecified atom stereocenters. The summed E-state index contributed by atoms with van der Waals surface area (Å²) < 4.78 is 0. The van der Waals surface area contributed by atoms with Gasteiger partial charge in [-0.1, -0.05) is 0 Å². The SMILES string of the molecule is N=C(CCCC/C(N)=C/C=C(N)N)SC(=N)NC(=O)CN1CCCCC1=O. The minimum Gasteiger partial charge on any atom is -0.402 e. The normalized spacial score (nSPS) is 14.6. The number of amidine groups is 1. The lowest BCUT2D eigenvalue weighted by Gasteiger charge is -2.25. The maximum absolute atomic E-state index is 11.9. The summed E-state index contributed by atoms with van der Waals surface area (Å²) in [5.41, 5.74) is 17.1. The Kier molecular flexibility index (Phi) is 10.0. The van der Waals surface area contributed by atoms with Crippen molar-refractivity contribution in [2.24, 2.45) is 17.2 Å². The lowest BCUT2D eigenvalue weighted by molar-refractivity contribution is -0.137. The largest absolute Gasteiger partial charge is 0.402 e. The van der Waals surface area contributed by atoms with Gasteiger partial charge in [0.15, 0.2) is 5.17 Å². The second-order valence-corrected chi connectivity index (χ2v) is 7.40. The van der Waals surface area contributed by atoms with Crippen molar-refractivity contribution in [2.45, 2.75) is 44.9 Å². The van der Waals surface area contributed by atoms with Gasteiger partial charge in [-0.15, -0.1) is 0 Å². The molecule has 0 spiro atoms. The van der Waals surface area contributed by atoms with E-state index >= 15 is 0 Å². The van der Waals surface area contributed by atoms with Gasteiger partial charge in [-0.2, -0.15) is 0 Å². The first kappa shape index (κ1) is 22.6. The van der Waals surface area contributed by atoms with Crippen molar-refractivity contribution in [2.75, 3.05) is 13.1 Å².